The predicted molar refractivity (Wildman–Crippen MR) is 210 cm³/mol. The van der Waals surface area contributed by atoms with Crippen LogP contribution in [0, 0.1) is 0 Å². The van der Waals surface area contributed by atoms with Crippen LogP contribution in [-0.4, -0.2) is 168 Å². The average Bonchev–Trinajstić information content (AvgIpc) is 3.27. The summed E-state index contributed by atoms with van der Waals surface area (Å²) in [5.41, 5.74) is -0.625. The third kappa shape index (κ3) is 9.23. The number of hydrogen-bond donors (Lipinski definition) is 12. The summed E-state index contributed by atoms with van der Waals surface area (Å²) in [5, 5.41) is 126. The summed E-state index contributed by atoms with van der Waals surface area (Å²) in [4.78, 5) is 26.6. The number of phenols is 3. The fourth-order valence-corrected chi connectivity index (χ4v) is 7.59. The van der Waals surface area contributed by atoms with Crippen LogP contribution < -0.4 is 10.2 Å². The number of ether oxygens (including phenoxy) is 6. The first kappa shape index (κ1) is 45.8. The van der Waals surface area contributed by atoms with Gasteiger partial charge in [0, 0.05) is 17.2 Å². The van der Waals surface area contributed by atoms with Gasteiger partial charge in [-0.15, -0.1) is 0 Å². The van der Waals surface area contributed by atoms with Crippen LogP contribution in [0.25, 0.3) is 28.7 Å². The van der Waals surface area contributed by atoms with E-state index in [1.807, 2.05) is 0 Å². The van der Waals surface area contributed by atoms with Gasteiger partial charge in [-0.3, -0.25) is 4.79 Å². The summed E-state index contributed by atoms with van der Waals surface area (Å²) in [5.74, 6) is -2.39. The average molecular weight is 887 g/mol. The first-order valence-corrected chi connectivity index (χ1v) is 19.5. The molecule has 3 saturated heterocycles. The van der Waals surface area contributed by atoms with Crippen LogP contribution >= 0.6 is 0 Å². The minimum Gasteiger partial charge on any atom is -0.504 e. The number of esters is 1. The van der Waals surface area contributed by atoms with E-state index in [1.165, 1.54) is 49.6 Å². The molecule has 4 aliphatic heterocycles. The Labute approximate surface area is 356 Å². The van der Waals surface area contributed by atoms with E-state index in [-0.39, 0.29) is 45.3 Å². The molecule has 21 heteroatoms. The topological polar surface area (TPSA) is 345 Å². The Balaban J connectivity index is 1.23. The fourth-order valence-electron chi connectivity index (χ4n) is 7.59. The van der Waals surface area contributed by atoms with Gasteiger partial charge in [-0.05, 0) is 65.7 Å². The maximum atomic E-state index is 14.0. The van der Waals surface area contributed by atoms with Gasteiger partial charge in [-0.25, -0.2) is 4.79 Å². The quantitative estimate of drug-likeness (QED) is 0.0453. The highest BCUT2D eigenvalue weighted by Crippen LogP contribution is 2.45. The van der Waals surface area contributed by atoms with Crippen LogP contribution in [0.5, 0.6) is 23.0 Å². The van der Waals surface area contributed by atoms with Crippen molar-refractivity contribution in [3.63, 3.8) is 0 Å². The number of carbonyl (C=O) groups is 1. The monoisotopic (exact) mass is 886 g/mol. The highest BCUT2D eigenvalue weighted by molar-refractivity contribution is 5.87. The Morgan fingerprint density at radius 3 is 2.19 bits per heavy atom. The molecule has 0 spiro atoms. The molecule has 0 saturated carbocycles. The van der Waals surface area contributed by atoms with Crippen LogP contribution in [0.2, 0.25) is 0 Å². The molecular formula is C42H46O21. The van der Waals surface area contributed by atoms with Crippen molar-refractivity contribution in [2.75, 3.05) is 26.9 Å². The lowest BCUT2D eigenvalue weighted by Gasteiger charge is -2.45. The van der Waals surface area contributed by atoms with Crippen LogP contribution in [0.15, 0.2) is 69.9 Å². The fraction of sp³-hybridized carbons (Fsp3) is 0.429. The molecule has 0 unspecified atom stereocenters. The zero-order valence-corrected chi connectivity index (χ0v) is 33.1. The second-order valence-corrected chi connectivity index (χ2v) is 15.2. The Hall–Kier alpha value is -5.24. The van der Waals surface area contributed by atoms with Gasteiger partial charge in [0.1, 0.15) is 97.5 Å². The maximum Gasteiger partial charge on any atom is 0.330 e. The molecule has 0 bridgehead atoms. The molecule has 14 atom stereocenters. The molecule has 2 aromatic rings. The first-order chi connectivity index (χ1) is 30.0. The van der Waals surface area contributed by atoms with Crippen molar-refractivity contribution in [1.29, 1.82) is 0 Å². The van der Waals surface area contributed by atoms with Crippen LogP contribution in [-0.2, 0) is 28.5 Å². The van der Waals surface area contributed by atoms with E-state index in [1.54, 1.807) is 0 Å². The van der Waals surface area contributed by atoms with Gasteiger partial charge in [0.2, 0.25) is 0 Å². The second kappa shape index (κ2) is 18.8. The van der Waals surface area contributed by atoms with Crippen molar-refractivity contribution in [3.05, 3.63) is 87.6 Å². The highest BCUT2D eigenvalue weighted by atomic mass is 16.7. The minimum absolute atomic E-state index is 0.0315. The smallest absolute Gasteiger partial charge is 0.330 e. The van der Waals surface area contributed by atoms with Crippen molar-refractivity contribution in [1.82, 2.24) is 0 Å². The third-order valence-electron chi connectivity index (χ3n) is 11.1. The molecule has 5 aliphatic rings. The Morgan fingerprint density at radius 2 is 1.48 bits per heavy atom. The minimum atomic E-state index is -1.90. The van der Waals surface area contributed by atoms with Crippen molar-refractivity contribution in [2.45, 2.75) is 85.6 Å². The number of rotatable bonds is 11. The van der Waals surface area contributed by atoms with Gasteiger partial charge < -0.3 is 94.1 Å². The molecule has 0 amide bonds. The van der Waals surface area contributed by atoms with Crippen molar-refractivity contribution >= 4 is 12.0 Å². The van der Waals surface area contributed by atoms with Gasteiger partial charge >= 0.3 is 5.97 Å². The van der Waals surface area contributed by atoms with E-state index in [4.69, 9.17) is 32.8 Å². The van der Waals surface area contributed by atoms with Gasteiger partial charge in [0.15, 0.2) is 34.7 Å². The summed E-state index contributed by atoms with van der Waals surface area (Å²) in [6.45, 7) is -1.95. The summed E-state index contributed by atoms with van der Waals surface area (Å²) in [7, 11) is 1.35. The highest BCUT2D eigenvalue weighted by Gasteiger charge is 2.51. The molecule has 7 rings (SSSR count). The van der Waals surface area contributed by atoms with Gasteiger partial charge in [0.05, 0.1) is 25.9 Å². The lowest BCUT2D eigenvalue weighted by molar-refractivity contribution is -0.325. The molecule has 0 radical (unpaired) electrons. The van der Waals surface area contributed by atoms with Crippen molar-refractivity contribution in [3.8, 4) is 45.6 Å². The van der Waals surface area contributed by atoms with Crippen molar-refractivity contribution < 1.29 is 98.9 Å². The number of methoxy groups -OCH3 is 1. The number of aromatic hydroxyl groups is 3. The Morgan fingerprint density at radius 1 is 0.762 bits per heavy atom. The lowest BCUT2D eigenvalue weighted by atomic mass is 9.87. The van der Waals surface area contributed by atoms with E-state index in [0.29, 0.717) is 5.56 Å². The van der Waals surface area contributed by atoms with E-state index < -0.39 is 128 Å². The maximum absolute atomic E-state index is 14.0. The zero-order valence-electron chi connectivity index (χ0n) is 33.1. The second-order valence-electron chi connectivity index (χ2n) is 15.2. The Bertz CT molecular complexity index is 2310. The standard InChI is InChI=1S/C42H46O21/c1-57-27-8-16(2-5-22(27)45)3-7-30(49)58-15-29-33(52)34(53)36(55)39(62-29)18-10-23(46)19-12-20(38(60-26(19)11-18)17-4-6-21(44)24(47)9-17)40-41(35(54)32(51)28(13-43)61-40)63-42-37(56)31(50)25(48)14-59-42/h2-12,25,28-29,31-37,39-45,47-48,50-56H,13-15H2,1H3/t25-,28-,29-,31+,32-,33-,34+,35+,36-,37-,39+,40+,41-,42+/m1/s1. The molecule has 63 heavy (non-hydrogen) atoms. The molecule has 340 valence electrons. The van der Waals surface area contributed by atoms with E-state index >= 15 is 0 Å². The summed E-state index contributed by atoms with van der Waals surface area (Å²) < 4.78 is 39.8. The molecule has 4 heterocycles. The number of aliphatic hydroxyl groups excluding tert-OH is 9. The molecule has 1 aliphatic carbocycles. The molecule has 0 aromatic heterocycles. The number of benzene rings is 3. The van der Waals surface area contributed by atoms with Crippen molar-refractivity contribution in [2.24, 2.45) is 0 Å². The number of carbonyl (C=O) groups excluding carboxylic acids is 1. The largest absolute Gasteiger partial charge is 0.504 e. The van der Waals surface area contributed by atoms with Gasteiger partial charge in [0.25, 0.3) is 0 Å². The molecule has 12 N–H and O–H groups in total. The lowest BCUT2D eigenvalue weighted by Crippen LogP contribution is -2.60. The normalized spacial score (nSPS) is 32.5. The number of fused-ring (bicyclic) bond motifs is 1. The van der Waals surface area contributed by atoms with Crippen LogP contribution in [0.1, 0.15) is 28.9 Å². The molecule has 21 nitrogen and oxygen atoms in total. The predicted octanol–water partition coefficient (Wildman–Crippen LogP) is -1.71. The van der Waals surface area contributed by atoms with Gasteiger partial charge in [-0.2, -0.15) is 0 Å². The molecule has 2 aromatic carbocycles. The number of hydrogen-bond acceptors (Lipinski definition) is 21. The summed E-state index contributed by atoms with van der Waals surface area (Å²) in [6, 6.07) is 11.4. The molecular weight excluding hydrogens is 840 g/mol. The zero-order chi connectivity index (χ0) is 45.4. The Kier molecular flexibility index (Phi) is 13.7. The van der Waals surface area contributed by atoms with E-state index in [9.17, 15) is 70.9 Å². The van der Waals surface area contributed by atoms with Gasteiger partial charge in [-0.1, -0.05) is 6.07 Å². The first-order valence-electron chi connectivity index (χ1n) is 19.5. The SMILES string of the molecule is COc1cc(C=CC(=O)OC[C@H]2O[C@@H](c3cc4oc(-c5ccc(O)c(O)c5)c([C@@H]5O[C@H](CO)[C@@H](O)[C@H](O)[C@H]5O[C@@H]5OC[C@@H](O)[C@H](O)[C@H]5O)cc-4c(=O)c3)[C@H](O)[C@@H](O)[C@@H]2O)ccc1O. The van der Waals surface area contributed by atoms with E-state index in [2.05, 4.69) is 0 Å². The van der Waals surface area contributed by atoms with E-state index in [0.717, 1.165) is 24.3 Å². The third-order valence-corrected chi connectivity index (χ3v) is 11.1. The summed E-state index contributed by atoms with van der Waals surface area (Å²) >= 11 is 0. The molecule has 3 fully saturated rings. The van der Waals surface area contributed by atoms with Crippen LogP contribution in [0.4, 0.5) is 0 Å². The number of aliphatic hydroxyl groups is 9. The van der Waals surface area contributed by atoms with Crippen LogP contribution in [0.3, 0.4) is 0 Å². The number of phenolic OH excluding ortho intramolecular Hbond substituents is 3. The summed E-state index contributed by atoms with van der Waals surface area (Å²) in [6.07, 6.45) is -21.3.